The van der Waals surface area contributed by atoms with E-state index in [0.29, 0.717) is 0 Å². The molecule has 72 valence electrons. The lowest BCUT2D eigenvalue weighted by Gasteiger charge is -1.91. The summed E-state index contributed by atoms with van der Waals surface area (Å²) < 4.78 is 31.1. The number of halogens is 2. The van der Waals surface area contributed by atoms with Gasteiger partial charge in [-0.15, -0.1) is 0 Å². The predicted octanol–water partition coefficient (Wildman–Crippen LogP) is 2.91. The SMILES string of the molecule is CC(=O)c1cc2c(F)ccc(F)c2o1. The van der Waals surface area contributed by atoms with E-state index in [1.165, 1.54) is 13.0 Å². The van der Waals surface area contributed by atoms with E-state index < -0.39 is 11.6 Å². The van der Waals surface area contributed by atoms with E-state index in [4.69, 9.17) is 4.42 Å². The van der Waals surface area contributed by atoms with Crippen LogP contribution in [0.4, 0.5) is 8.78 Å². The molecular formula is C10H6F2O2. The fourth-order valence-electron chi connectivity index (χ4n) is 1.23. The van der Waals surface area contributed by atoms with Crippen molar-refractivity contribution >= 4 is 16.8 Å². The smallest absolute Gasteiger partial charge is 0.194 e. The number of carbonyl (C=O) groups excluding carboxylic acids is 1. The lowest BCUT2D eigenvalue weighted by molar-refractivity contribution is 0.0989. The number of Topliss-reactive ketones (excluding diaryl/α,β-unsaturated/α-hetero) is 1. The van der Waals surface area contributed by atoms with E-state index in [9.17, 15) is 13.6 Å². The highest BCUT2D eigenvalue weighted by Gasteiger charge is 2.14. The second-order valence-electron chi connectivity index (χ2n) is 2.94. The number of furan rings is 1. The number of fused-ring (bicyclic) bond motifs is 1. The van der Waals surface area contributed by atoms with Gasteiger partial charge in [0.15, 0.2) is 22.9 Å². The van der Waals surface area contributed by atoms with Crippen LogP contribution in [0.2, 0.25) is 0 Å². The topological polar surface area (TPSA) is 30.2 Å². The summed E-state index contributed by atoms with van der Waals surface area (Å²) in [5, 5.41) is -0.00444. The third-order valence-corrected chi connectivity index (χ3v) is 1.93. The summed E-state index contributed by atoms with van der Waals surface area (Å²) in [6.07, 6.45) is 0. The van der Waals surface area contributed by atoms with E-state index >= 15 is 0 Å². The minimum Gasteiger partial charge on any atom is -0.450 e. The number of carbonyl (C=O) groups is 1. The summed E-state index contributed by atoms with van der Waals surface area (Å²) >= 11 is 0. The molecule has 0 amide bonds. The normalized spacial score (nSPS) is 10.8. The molecule has 0 spiro atoms. The van der Waals surface area contributed by atoms with Crippen molar-refractivity contribution in [2.24, 2.45) is 0 Å². The zero-order valence-corrected chi connectivity index (χ0v) is 7.30. The highest BCUT2D eigenvalue weighted by atomic mass is 19.1. The summed E-state index contributed by atoms with van der Waals surface area (Å²) in [7, 11) is 0. The van der Waals surface area contributed by atoms with Gasteiger partial charge in [-0.2, -0.15) is 0 Å². The minimum atomic E-state index is -0.672. The highest BCUT2D eigenvalue weighted by molar-refractivity contribution is 5.96. The molecule has 14 heavy (non-hydrogen) atoms. The van der Waals surface area contributed by atoms with Crippen LogP contribution in [0.25, 0.3) is 11.0 Å². The van der Waals surface area contributed by atoms with Crippen LogP contribution in [0.15, 0.2) is 22.6 Å². The van der Waals surface area contributed by atoms with Crippen LogP contribution in [0, 0.1) is 11.6 Å². The molecule has 1 heterocycles. The van der Waals surface area contributed by atoms with Gasteiger partial charge in [0.1, 0.15) is 5.82 Å². The van der Waals surface area contributed by atoms with E-state index in [0.717, 1.165) is 12.1 Å². The van der Waals surface area contributed by atoms with Gasteiger partial charge in [0.25, 0.3) is 0 Å². The highest BCUT2D eigenvalue weighted by Crippen LogP contribution is 2.24. The van der Waals surface area contributed by atoms with Gasteiger partial charge < -0.3 is 4.42 Å². The summed E-state index contributed by atoms with van der Waals surface area (Å²) in [4.78, 5) is 10.9. The first-order valence-electron chi connectivity index (χ1n) is 3.98. The van der Waals surface area contributed by atoms with E-state index in [1.807, 2.05) is 0 Å². The molecular weight excluding hydrogens is 190 g/mol. The van der Waals surface area contributed by atoms with Crippen molar-refractivity contribution in [1.29, 1.82) is 0 Å². The molecule has 0 fully saturated rings. The first kappa shape index (κ1) is 8.87. The van der Waals surface area contributed by atoms with Gasteiger partial charge in [-0.25, -0.2) is 8.78 Å². The molecule has 0 saturated carbocycles. The van der Waals surface area contributed by atoms with Crippen LogP contribution >= 0.6 is 0 Å². The van der Waals surface area contributed by atoms with Gasteiger partial charge in [0.05, 0.1) is 5.39 Å². The molecule has 0 unspecified atom stereocenters. The molecule has 0 aliphatic rings. The Bertz CT molecular complexity index is 475. The number of ketones is 1. The molecule has 0 bridgehead atoms. The molecule has 0 aliphatic carbocycles. The minimum absolute atomic E-state index is 0.00444. The number of hydrogen-bond donors (Lipinski definition) is 0. The van der Waals surface area contributed by atoms with E-state index in [-0.39, 0.29) is 22.5 Å². The molecule has 2 nitrogen and oxygen atoms in total. The Labute approximate surface area is 78.1 Å². The van der Waals surface area contributed by atoms with Gasteiger partial charge in [0, 0.05) is 6.92 Å². The average Bonchev–Trinajstić information content (AvgIpc) is 2.57. The van der Waals surface area contributed by atoms with Gasteiger partial charge in [-0.05, 0) is 18.2 Å². The van der Waals surface area contributed by atoms with Crippen molar-refractivity contribution < 1.29 is 18.0 Å². The van der Waals surface area contributed by atoms with Crippen molar-refractivity contribution in [3.05, 3.63) is 35.6 Å². The maximum absolute atomic E-state index is 13.1. The van der Waals surface area contributed by atoms with Gasteiger partial charge in [0.2, 0.25) is 0 Å². The van der Waals surface area contributed by atoms with Crippen LogP contribution in [0.5, 0.6) is 0 Å². The third kappa shape index (κ3) is 1.19. The van der Waals surface area contributed by atoms with Crippen molar-refractivity contribution in [2.75, 3.05) is 0 Å². The Morgan fingerprint density at radius 2 is 1.93 bits per heavy atom. The van der Waals surface area contributed by atoms with Crippen LogP contribution in [0.1, 0.15) is 17.5 Å². The number of rotatable bonds is 1. The fraction of sp³-hybridized carbons (Fsp3) is 0.100. The van der Waals surface area contributed by atoms with Crippen LogP contribution in [0.3, 0.4) is 0 Å². The lowest BCUT2D eigenvalue weighted by Crippen LogP contribution is -1.85. The molecule has 2 aromatic rings. The first-order valence-corrected chi connectivity index (χ1v) is 3.98. The molecule has 0 aliphatic heterocycles. The van der Waals surface area contributed by atoms with Crippen LogP contribution in [-0.2, 0) is 0 Å². The molecule has 1 aromatic carbocycles. The second-order valence-corrected chi connectivity index (χ2v) is 2.94. The standard InChI is InChI=1S/C10H6F2O2/c1-5(13)9-4-6-7(11)2-3-8(12)10(6)14-9/h2-4H,1H3. The van der Waals surface area contributed by atoms with Crippen molar-refractivity contribution in [3.8, 4) is 0 Å². The maximum atomic E-state index is 13.1. The summed E-state index contributed by atoms with van der Waals surface area (Å²) in [5.41, 5.74) is -0.213. The molecule has 0 atom stereocenters. The molecule has 0 N–H and O–H groups in total. The van der Waals surface area contributed by atoms with Gasteiger partial charge in [-0.1, -0.05) is 0 Å². The predicted molar refractivity (Wildman–Crippen MR) is 46.1 cm³/mol. The Kier molecular flexibility index (Phi) is 1.84. The Hall–Kier alpha value is -1.71. The number of benzene rings is 1. The van der Waals surface area contributed by atoms with Crippen molar-refractivity contribution in [1.82, 2.24) is 0 Å². The van der Waals surface area contributed by atoms with Crippen molar-refractivity contribution in [2.45, 2.75) is 6.92 Å². The quantitative estimate of drug-likeness (QED) is 0.656. The second kappa shape index (κ2) is 2.90. The summed E-state index contributed by atoms with van der Waals surface area (Å²) in [6.45, 7) is 1.27. The summed E-state index contributed by atoms with van der Waals surface area (Å²) in [6, 6.07) is 3.16. The summed E-state index contributed by atoms with van der Waals surface area (Å²) in [5.74, 6) is -1.67. The molecule has 0 saturated heterocycles. The largest absolute Gasteiger partial charge is 0.450 e. The molecule has 0 radical (unpaired) electrons. The third-order valence-electron chi connectivity index (χ3n) is 1.93. The fourth-order valence-corrected chi connectivity index (χ4v) is 1.23. The van der Waals surface area contributed by atoms with Crippen molar-refractivity contribution in [3.63, 3.8) is 0 Å². The van der Waals surface area contributed by atoms with E-state index in [2.05, 4.69) is 0 Å². The number of hydrogen-bond acceptors (Lipinski definition) is 2. The Morgan fingerprint density at radius 3 is 2.50 bits per heavy atom. The zero-order chi connectivity index (χ0) is 10.3. The van der Waals surface area contributed by atoms with Crippen LogP contribution < -0.4 is 0 Å². The van der Waals surface area contributed by atoms with Crippen LogP contribution in [-0.4, -0.2) is 5.78 Å². The molecule has 1 aromatic heterocycles. The Morgan fingerprint density at radius 1 is 1.29 bits per heavy atom. The monoisotopic (exact) mass is 196 g/mol. The average molecular weight is 196 g/mol. The van der Waals surface area contributed by atoms with Gasteiger partial charge >= 0.3 is 0 Å². The maximum Gasteiger partial charge on any atom is 0.194 e. The Balaban J connectivity index is 2.82. The molecule has 4 heteroatoms. The van der Waals surface area contributed by atoms with E-state index in [1.54, 1.807) is 0 Å². The lowest BCUT2D eigenvalue weighted by atomic mass is 10.2. The zero-order valence-electron chi connectivity index (χ0n) is 7.30. The first-order chi connectivity index (χ1) is 6.59. The molecule has 2 rings (SSSR count). The van der Waals surface area contributed by atoms with Gasteiger partial charge in [-0.3, -0.25) is 4.79 Å².